The lowest BCUT2D eigenvalue weighted by molar-refractivity contribution is -0.119. The number of hydrogen-bond acceptors (Lipinski definition) is 10. The van der Waals surface area contributed by atoms with Crippen LogP contribution in [0.25, 0.3) is 0 Å². The van der Waals surface area contributed by atoms with E-state index in [2.05, 4.69) is 49.9 Å². The van der Waals surface area contributed by atoms with Crippen molar-refractivity contribution in [3.63, 3.8) is 0 Å². The fourth-order valence-electron chi connectivity index (χ4n) is 6.36. The van der Waals surface area contributed by atoms with Crippen LogP contribution in [-0.2, 0) is 14.6 Å². The number of anilines is 4. The highest BCUT2D eigenvalue weighted by molar-refractivity contribution is 8.23. The summed E-state index contributed by atoms with van der Waals surface area (Å²) in [7, 11) is -3.56. The lowest BCUT2D eigenvalue weighted by Gasteiger charge is -2.34. The second-order valence-electron chi connectivity index (χ2n) is 13.5. The predicted molar refractivity (Wildman–Crippen MR) is 208 cm³/mol. The van der Waals surface area contributed by atoms with Gasteiger partial charge in [0.25, 0.3) is 0 Å². The summed E-state index contributed by atoms with van der Waals surface area (Å²) in [4.78, 5) is 23.8. The summed E-state index contributed by atoms with van der Waals surface area (Å²) in [5, 5.41) is 9.21. The van der Waals surface area contributed by atoms with Crippen LogP contribution in [0.1, 0.15) is 83.3 Å². The summed E-state index contributed by atoms with van der Waals surface area (Å²) in [6, 6.07) is 11.2. The van der Waals surface area contributed by atoms with Crippen LogP contribution in [0.5, 0.6) is 5.75 Å². The van der Waals surface area contributed by atoms with Crippen molar-refractivity contribution in [3.8, 4) is 5.75 Å². The minimum atomic E-state index is -3.56. The van der Waals surface area contributed by atoms with Crippen LogP contribution in [0, 0.1) is 6.92 Å². The zero-order valence-electron chi connectivity index (χ0n) is 29.3. The number of halogens is 1. The van der Waals surface area contributed by atoms with Gasteiger partial charge in [0.15, 0.2) is 15.7 Å². The molecule has 0 radical (unpaired) electrons. The van der Waals surface area contributed by atoms with Gasteiger partial charge in [-0.15, -0.1) is 0 Å². The molecule has 3 aromatic rings. The molecule has 14 heteroatoms. The third-order valence-corrected chi connectivity index (χ3v) is 13.0. The fourth-order valence-corrected chi connectivity index (χ4v) is 8.76. The Kier molecular flexibility index (Phi) is 12.9. The Balaban J connectivity index is 1.27. The number of nitrogens with one attached hydrogen (secondary N) is 3. The van der Waals surface area contributed by atoms with Crippen LogP contribution in [0.15, 0.2) is 47.5 Å². The summed E-state index contributed by atoms with van der Waals surface area (Å²) >= 11 is 13.7. The van der Waals surface area contributed by atoms with E-state index in [4.69, 9.17) is 28.6 Å². The molecule has 1 aromatic heterocycles. The van der Waals surface area contributed by atoms with Gasteiger partial charge in [0.2, 0.25) is 11.9 Å². The highest BCUT2D eigenvalue weighted by atomic mass is 35.5. The maximum Gasteiger partial charge on any atom is 0.230 e. The number of carbonyl (C=O) groups excluding carboxylic acids is 1. The van der Waals surface area contributed by atoms with Crippen molar-refractivity contribution in [1.82, 2.24) is 20.2 Å². The number of para-hydroxylation sites is 1. The number of hydrogen-bond donors (Lipinski definition) is 3. The molecule has 10 nitrogen and oxygen atoms in total. The van der Waals surface area contributed by atoms with Crippen LogP contribution in [0.3, 0.4) is 0 Å². The van der Waals surface area contributed by atoms with Crippen molar-refractivity contribution in [2.24, 2.45) is 0 Å². The van der Waals surface area contributed by atoms with Gasteiger partial charge in [-0.1, -0.05) is 60.6 Å². The molecule has 270 valence electrons. The summed E-state index contributed by atoms with van der Waals surface area (Å²) < 4.78 is 33.1. The van der Waals surface area contributed by atoms with Gasteiger partial charge in [-0.25, -0.2) is 13.4 Å². The van der Waals surface area contributed by atoms with Crippen molar-refractivity contribution in [2.45, 2.75) is 101 Å². The van der Waals surface area contributed by atoms with Crippen molar-refractivity contribution >= 4 is 78.8 Å². The molecule has 2 heterocycles. The summed E-state index contributed by atoms with van der Waals surface area (Å²) in [5.41, 5.74) is 3.43. The number of ether oxygens (including phenoxy) is 1. The highest BCUT2D eigenvalue weighted by Gasteiger charge is 2.27. The molecule has 2 aromatic carbocycles. The van der Waals surface area contributed by atoms with Crippen molar-refractivity contribution in [1.29, 1.82) is 0 Å². The molecule has 2 fully saturated rings. The van der Waals surface area contributed by atoms with E-state index in [1.165, 1.54) is 36.4 Å². The number of thioether (sulfide) groups is 1. The Morgan fingerprint density at radius 2 is 1.76 bits per heavy atom. The normalized spacial score (nSPS) is 15.8. The maximum atomic E-state index is 13.0. The monoisotopic (exact) mass is 758 g/mol. The first-order chi connectivity index (χ1) is 23.8. The molecular weight excluding hydrogens is 712 g/mol. The van der Waals surface area contributed by atoms with E-state index in [0.29, 0.717) is 34.8 Å². The number of benzene rings is 2. The summed E-state index contributed by atoms with van der Waals surface area (Å²) in [6.07, 6.45) is 7.81. The largest absolute Gasteiger partial charge is 0.489 e. The topological polar surface area (TPSA) is 126 Å². The van der Waals surface area contributed by atoms with Crippen LogP contribution in [0.2, 0.25) is 5.02 Å². The van der Waals surface area contributed by atoms with Crippen LogP contribution >= 0.6 is 35.6 Å². The van der Waals surface area contributed by atoms with E-state index < -0.39 is 15.1 Å². The Morgan fingerprint density at radius 3 is 2.44 bits per heavy atom. The smallest absolute Gasteiger partial charge is 0.230 e. The predicted octanol–water partition coefficient (Wildman–Crippen LogP) is 8.15. The van der Waals surface area contributed by atoms with Gasteiger partial charge < -0.3 is 25.6 Å². The third kappa shape index (κ3) is 9.59. The van der Waals surface area contributed by atoms with Crippen molar-refractivity contribution in [2.75, 3.05) is 29.5 Å². The van der Waals surface area contributed by atoms with Gasteiger partial charge >= 0.3 is 0 Å². The first kappa shape index (κ1) is 38.1. The highest BCUT2D eigenvalue weighted by Crippen LogP contribution is 2.39. The molecule has 1 saturated heterocycles. The Labute approximate surface area is 310 Å². The van der Waals surface area contributed by atoms with Crippen LogP contribution in [0.4, 0.5) is 23.1 Å². The van der Waals surface area contributed by atoms with Gasteiger partial charge in [-0.3, -0.25) is 4.79 Å². The van der Waals surface area contributed by atoms with E-state index in [-0.39, 0.29) is 33.7 Å². The molecule has 5 rings (SSSR count). The molecular formula is C36H47ClN6O4S3. The first-order valence-corrected chi connectivity index (χ1v) is 20.6. The second-order valence-corrected chi connectivity index (χ2v) is 18.0. The number of amides is 1. The maximum absolute atomic E-state index is 13.0. The molecule has 1 amide bonds. The molecule has 0 bridgehead atoms. The van der Waals surface area contributed by atoms with E-state index in [1.54, 1.807) is 38.1 Å². The van der Waals surface area contributed by atoms with Crippen molar-refractivity contribution < 1.29 is 17.9 Å². The quantitative estimate of drug-likeness (QED) is 0.155. The molecule has 0 spiro atoms. The molecule has 50 heavy (non-hydrogen) atoms. The average molecular weight is 759 g/mol. The van der Waals surface area contributed by atoms with Crippen molar-refractivity contribution in [3.05, 3.63) is 58.7 Å². The minimum Gasteiger partial charge on any atom is -0.489 e. The molecule has 1 aliphatic carbocycles. The molecule has 2 aliphatic rings. The number of nitrogens with zero attached hydrogens (tertiary/aromatic N) is 3. The third-order valence-electron chi connectivity index (χ3n) is 9.03. The van der Waals surface area contributed by atoms with Gasteiger partial charge in [0.05, 0.1) is 39.6 Å². The summed E-state index contributed by atoms with van der Waals surface area (Å²) in [6.45, 7) is 11.0. The molecule has 0 unspecified atom stereocenters. The number of sulfone groups is 1. The van der Waals surface area contributed by atoms with Crippen LogP contribution in [-0.4, -0.2) is 69.8 Å². The number of likely N-dealkylation sites (tertiary alicyclic amines) is 1. The Hall–Kier alpha value is -3.13. The number of carbonyl (C=O) groups is 1. The van der Waals surface area contributed by atoms with E-state index in [0.717, 1.165) is 48.7 Å². The molecule has 1 saturated carbocycles. The molecule has 3 N–H and O–H groups in total. The zero-order chi connectivity index (χ0) is 36.0. The number of aryl methyl sites for hydroxylation is 1. The zero-order valence-corrected chi connectivity index (χ0v) is 32.5. The fraction of sp³-hybridized carbons (Fsp3) is 0.500. The Morgan fingerprint density at radius 1 is 1.06 bits per heavy atom. The van der Waals surface area contributed by atoms with Crippen LogP contribution < -0.4 is 20.7 Å². The van der Waals surface area contributed by atoms with E-state index in [9.17, 15) is 13.2 Å². The lowest BCUT2D eigenvalue weighted by Crippen LogP contribution is -2.37. The first-order valence-electron chi connectivity index (χ1n) is 17.2. The number of thiocarbonyl (C=S) groups is 1. The standard InChI is InChI=1S/C36H47ClN6O4S3/c1-22(2)47-31-19-27(25-14-16-43(17-15-25)36(48)49-21-33(44)39-26-10-6-7-11-26)24(5)18-30(31)41-35-38-20-28(37)34(42-35)40-29-12-8-9-13-32(29)50(45,46)23(3)4/h8-9,12-13,18-20,22-23,25-26H,6-7,10-11,14-17,21H2,1-5H3,(H,39,44)(H2,38,40,41,42). The van der Waals surface area contributed by atoms with Gasteiger partial charge in [-0.2, -0.15) is 4.98 Å². The number of aromatic nitrogens is 2. The lowest BCUT2D eigenvalue weighted by atomic mass is 9.86. The second kappa shape index (κ2) is 16.9. The average Bonchev–Trinajstić information content (AvgIpc) is 3.59. The molecule has 0 atom stereocenters. The number of piperidine rings is 1. The number of rotatable bonds is 12. The van der Waals surface area contributed by atoms with Gasteiger partial charge in [-0.05, 0) is 102 Å². The Bertz CT molecular complexity index is 1790. The van der Waals surface area contributed by atoms with Gasteiger partial charge in [0.1, 0.15) is 15.1 Å². The minimum absolute atomic E-state index is 0.0695. The summed E-state index contributed by atoms with van der Waals surface area (Å²) in [5.74, 6) is 1.99. The molecule has 1 aliphatic heterocycles. The van der Waals surface area contributed by atoms with E-state index in [1.807, 2.05) is 13.8 Å². The van der Waals surface area contributed by atoms with Gasteiger partial charge in [0, 0.05) is 19.1 Å². The SMILES string of the molecule is Cc1cc(Nc2ncc(Cl)c(Nc3ccccc3S(=O)(=O)C(C)C)n2)c(OC(C)C)cc1C1CCN(C(=S)SCC(=O)NC2CCCC2)CC1. The van der Waals surface area contributed by atoms with E-state index >= 15 is 0 Å².